The van der Waals surface area contributed by atoms with Crippen LogP contribution in [0.4, 0.5) is 0 Å². The summed E-state index contributed by atoms with van der Waals surface area (Å²) in [7, 11) is 0. The standard InChI is InChI=1S/C16H18N2O3S/c1-2-13-14(21-7-6-20-13)9-12(1)10-18-4-5-19-15(11-18)16-17-3-8-22-16/h1-3,8-9,15H,4-7,10-11H2. The third-order valence-corrected chi connectivity index (χ3v) is 4.76. The second-order valence-corrected chi connectivity index (χ2v) is 6.37. The van der Waals surface area contributed by atoms with Crippen LogP contribution in [0.5, 0.6) is 11.5 Å². The molecule has 0 bridgehead atoms. The van der Waals surface area contributed by atoms with Crippen LogP contribution in [-0.4, -0.2) is 42.8 Å². The molecule has 0 N–H and O–H groups in total. The summed E-state index contributed by atoms with van der Waals surface area (Å²) in [5.41, 5.74) is 1.24. The lowest BCUT2D eigenvalue weighted by molar-refractivity contribution is -0.0330. The van der Waals surface area contributed by atoms with E-state index in [-0.39, 0.29) is 6.10 Å². The molecule has 1 aromatic carbocycles. The van der Waals surface area contributed by atoms with Crippen molar-refractivity contribution >= 4 is 11.3 Å². The third kappa shape index (κ3) is 2.95. The molecule has 2 aromatic rings. The normalized spacial score (nSPS) is 21.7. The van der Waals surface area contributed by atoms with Crippen LogP contribution in [0.15, 0.2) is 29.8 Å². The molecule has 0 saturated carbocycles. The molecular formula is C16H18N2O3S. The Morgan fingerprint density at radius 2 is 2.09 bits per heavy atom. The van der Waals surface area contributed by atoms with Gasteiger partial charge in [0, 0.05) is 31.2 Å². The highest BCUT2D eigenvalue weighted by atomic mass is 32.1. The first-order valence-corrected chi connectivity index (χ1v) is 8.38. The molecule has 1 saturated heterocycles. The van der Waals surface area contributed by atoms with Gasteiger partial charge in [-0.1, -0.05) is 6.07 Å². The third-order valence-electron chi connectivity index (χ3n) is 3.89. The van der Waals surface area contributed by atoms with Crippen LogP contribution in [0.25, 0.3) is 0 Å². The van der Waals surface area contributed by atoms with Gasteiger partial charge in [0.2, 0.25) is 0 Å². The number of hydrogen-bond donors (Lipinski definition) is 0. The summed E-state index contributed by atoms with van der Waals surface area (Å²) in [6.45, 7) is 4.71. The largest absolute Gasteiger partial charge is 0.486 e. The maximum absolute atomic E-state index is 5.84. The van der Waals surface area contributed by atoms with Crippen LogP contribution in [0.1, 0.15) is 16.7 Å². The summed E-state index contributed by atoms with van der Waals surface area (Å²) >= 11 is 1.66. The maximum Gasteiger partial charge on any atom is 0.161 e. The van der Waals surface area contributed by atoms with Gasteiger partial charge in [0.05, 0.1) is 6.61 Å². The van der Waals surface area contributed by atoms with E-state index < -0.39 is 0 Å². The fourth-order valence-corrected chi connectivity index (χ4v) is 3.51. The number of ether oxygens (including phenoxy) is 3. The first-order valence-electron chi connectivity index (χ1n) is 7.50. The lowest BCUT2D eigenvalue weighted by atomic mass is 10.1. The molecule has 0 aliphatic carbocycles. The predicted octanol–water partition coefficient (Wildman–Crippen LogP) is 2.49. The smallest absolute Gasteiger partial charge is 0.161 e. The molecule has 2 aliphatic rings. The minimum absolute atomic E-state index is 0.0889. The molecule has 6 heteroatoms. The van der Waals surface area contributed by atoms with Gasteiger partial charge in [0.15, 0.2) is 11.5 Å². The van der Waals surface area contributed by atoms with E-state index in [4.69, 9.17) is 14.2 Å². The van der Waals surface area contributed by atoms with E-state index >= 15 is 0 Å². The molecule has 0 spiro atoms. The quantitative estimate of drug-likeness (QED) is 0.870. The Bertz CT molecular complexity index is 632. The van der Waals surface area contributed by atoms with Crippen molar-refractivity contribution in [1.82, 2.24) is 9.88 Å². The first-order chi connectivity index (χ1) is 10.9. The van der Waals surface area contributed by atoms with Gasteiger partial charge >= 0.3 is 0 Å². The SMILES string of the molecule is c1csc(C2CN(Cc3ccc4c(c3)OCCO4)CCO2)n1. The molecule has 1 aromatic heterocycles. The molecule has 116 valence electrons. The molecule has 1 atom stereocenters. The molecule has 1 fully saturated rings. The van der Waals surface area contributed by atoms with Crippen LogP contribution in [0.3, 0.4) is 0 Å². The Balaban J connectivity index is 1.44. The van der Waals surface area contributed by atoms with Crippen molar-refractivity contribution in [1.29, 1.82) is 0 Å². The van der Waals surface area contributed by atoms with Crippen molar-refractivity contribution in [2.75, 3.05) is 32.9 Å². The van der Waals surface area contributed by atoms with Gasteiger partial charge in [-0.3, -0.25) is 4.90 Å². The van der Waals surface area contributed by atoms with E-state index in [1.807, 2.05) is 17.6 Å². The summed E-state index contributed by atoms with van der Waals surface area (Å²) in [6.07, 6.45) is 1.93. The Labute approximate surface area is 133 Å². The average molecular weight is 318 g/mol. The number of thiazole rings is 1. The number of hydrogen-bond acceptors (Lipinski definition) is 6. The zero-order valence-electron chi connectivity index (χ0n) is 12.2. The van der Waals surface area contributed by atoms with Gasteiger partial charge in [-0.25, -0.2) is 4.98 Å². The number of aromatic nitrogens is 1. The van der Waals surface area contributed by atoms with Crippen molar-refractivity contribution in [3.8, 4) is 11.5 Å². The van der Waals surface area contributed by atoms with Crippen LogP contribution in [0.2, 0.25) is 0 Å². The fourth-order valence-electron chi connectivity index (χ4n) is 2.83. The summed E-state index contributed by atoms with van der Waals surface area (Å²) in [4.78, 5) is 6.77. The van der Waals surface area contributed by atoms with Crippen molar-refractivity contribution in [3.63, 3.8) is 0 Å². The van der Waals surface area contributed by atoms with Gasteiger partial charge in [-0.05, 0) is 17.7 Å². The second-order valence-electron chi connectivity index (χ2n) is 5.44. The van der Waals surface area contributed by atoms with E-state index in [0.29, 0.717) is 13.2 Å². The topological polar surface area (TPSA) is 43.8 Å². The number of morpholine rings is 1. The highest BCUT2D eigenvalue weighted by molar-refractivity contribution is 7.09. The molecule has 0 amide bonds. The van der Waals surface area contributed by atoms with Crippen LogP contribution >= 0.6 is 11.3 Å². The molecule has 3 heterocycles. The Morgan fingerprint density at radius 1 is 1.18 bits per heavy atom. The number of fused-ring (bicyclic) bond motifs is 1. The number of benzene rings is 1. The van der Waals surface area contributed by atoms with Crippen LogP contribution in [0, 0.1) is 0 Å². The fraction of sp³-hybridized carbons (Fsp3) is 0.438. The maximum atomic E-state index is 5.84. The van der Waals surface area contributed by atoms with Crippen molar-refractivity contribution in [2.24, 2.45) is 0 Å². The zero-order valence-corrected chi connectivity index (χ0v) is 13.1. The predicted molar refractivity (Wildman–Crippen MR) is 83.5 cm³/mol. The van der Waals surface area contributed by atoms with Gasteiger partial charge in [-0.2, -0.15) is 0 Å². The van der Waals surface area contributed by atoms with Crippen LogP contribution in [-0.2, 0) is 11.3 Å². The van der Waals surface area contributed by atoms with E-state index in [2.05, 4.69) is 22.0 Å². The summed E-state index contributed by atoms with van der Waals surface area (Å²) in [5.74, 6) is 1.70. The molecule has 0 radical (unpaired) electrons. The van der Waals surface area contributed by atoms with E-state index in [9.17, 15) is 0 Å². The van der Waals surface area contributed by atoms with E-state index in [0.717, 1.165) is 42.7 Å². The summed E-state index contributed by atoms with van der Waals surface area (Å²) in [6, 6.07) is 6.20. The lowest BCUT2D eigenvalue weighted by Gasteiger charge is -2.32. The monoisotopic (exact) mass is 318 g/mol. The molecule has 2 aliphatic heterocycles. The highest BCUT2D eigenvalue weighted by Crippen LogP contribution is 2.32. The highest BCUT2D eigenvalue weighted by Gasteiger charge is 2.24. The van der Waals surface area contributed by atoms with Crippen molar-refractivity contribution in [3.05, 3.63) is 40.3 Å². The Hall–Kier alpha value is -1.63. The van der Waals surface area contributed by atoms with Crippen LogP contribution < -0.4 is 9.47 Å². The first kappa shape index (κ1) is 14.0. The molecule has 5 nitrogen and oxygen atoms in total. The van der Waals surface area contributed by atoms with Crippen molar-refractivity contribution in [2.45, 2.75) is 12.6 Å². The van der Waals surface area contributed by atoms with Gasteiger partial charge in [0.25, 0.3) is 0 Å². The number of rotatable bonds is 3. The van der Waals surface area contributed by atoms with E-state index in [1.54, 1.807) is 11.3 Å². The molecular weight excluding hydrogens is 300 g/mol. The molecule has 1 unspecified atom stereocenters. The molecule has 4 rings (SSSR count). The Morgan fingerprint density at radius 3 is 2.95 bits per heavy atom. The zero-order chi connectivity index (χ0) is 14.8. The summed E-state index contributed by atoms with van der Waals surface area (Å²) < 4.78 is 17.1. The van der Waals surface area contributed by atoms with E-state index in [1.165, 1.54) is 5.56 Å². The second kappa shape index (κ2) is 6.24. The molecule has 22 heavy (non-hydrogen) atoms. The van der Waals surface area contributed by atoms with Gasteiger partial charge < -0.3 is 14.2 Å². The lowest BCUT2D eigenvalue weighted by Crippen LogP contribution is -2.37. The minimum Gasteiger partial charge on any atom is -0.486 e. The number of nitrogens with zero attached hydrogens (tertiary/aromatic N) is 2. The Kier molecular flexibility index (Phi) is 3.97. The van der Waals surface area contributed by atoms with Gasteiger partial charge in [0.1, 0.15) is 24.3 Å². The van der Waals surface area contributed by atoms with Gasteiger partial charge in [-0.15, -0.1) is 11.3 Å². The van der Waals surface area contributed by atoms with Crippen molar-refractivity contribution < 1.29 is 14.2 Å². The minimum atomic E-state index is 0.0889. The summed E-state index contributed by atoms with van der Waals surface area (Å²) in [5, 5.41) is 3.06. The average Bonchev–Trinajstić information content (AvgIpc) is 3.10.